The topological polar surface area (TPSA) is 140 Å². The van der Waals surface area contributed by atoms with E-state index in [9.17, 15) is 18.8 Å². The second-order valence-corrected chi connectivity index (χ2v) is 7.48. The molecule has 0 atom stereocenters. The number of primary amides is 2. The van der Waals surface area contributed by atoms with Gasteiger partial charge in [0, 0.05) is 24.7 Å². The Kier molecular flexibility index (Phi) is 5.58. The Labute approximate surface area is 150 Å². The number of aromatic nitrogens is 1. The lowest BCUT2D eigenvalue weighted by molar-refractivity contribution is -0.134. The molecule has 0 spiro atoms. The molecule has 1 aromatic heterocycles. The van der Waals surface area contributed by atoms with Gasteiger partial charge in [0.2, 0.25) is 5.91 Å². The lowest BCUT2D eigenvalue weighted by atomic mass is 9.66. The SMILES string of the molecule is CC(C)(CC1(C(N)=O)CCC(Nc2cc(F)c[nH]c2=O)CC1)OC(N)=O. The van der Waals surface area contributed by atoms with E-state index in [4.69, 9.17) is 16.2 Å². The van der Waals surface area contributed by atoms with Gasteiger partial charge < -0.3 is 26.5 Å². The van der Waals surface area contributed by atoms with Gasteiger partial charge in [-0.3, -0.25) is 9.59 Å². The van der Waals surface area contributed by atoms with E-state index in [-0.39, 0.29) is 18.2 Å². The first-order chi connectivity index (χ1) is 12.0. The van der Waals surface area contributed by atoms with E-state index in [1.165, 1.54) is 0 Å². The molecule has 1 saturated carbocycles. The summed E-state index contributed by atoms with van der Waals surface area (Å²) < 4.78 is 18.4. The molecule has 0 aromatic carbocycles. The molecule has 0 radical (unpaired) electrons. The lowest BCUT2D eigenvalue weighted by Gasteiger charge is -2.42. The fourth-order valence-electron chi connectivity index (χ4n) is 3.73. The third-order valence-corrected chi connectivity index (χ3v) is 4.83. The number of carbonyl (C=O) groups excluding carboxylic acids is 2. The molecule has 6 N–H and O–H groups in total. The Bertz CT molecular complexity index is 739. The molecule has 144 valence electrons. The number of nitrogens with two attached hydrogens (primary N) is 2. The van der Waals surface area contributed by atoms with Gasteiger partial charge >= 0.3 is 6.09 Å². The number of nitrogens with one attached hydrogen (secondary N) is 2. The number of hydrogen-bond donors (Lipinski definition) is 4. The molecule has 0 aliphatic heterocycles. The van der Waals surface area contributed by atoms with Crippen LogP contribution in [0.5, 0.6) is 0 Å². The number of ether oxygens (including phenoxy) is 1. The van der Waals surface area contributed by atoms with Gasteiger partial charge in [0.15, 0.2) is 0 Å². The quantitative estimate of drug-likeness (QED) is 0.604. The molecule has 0 saturated heterocycles. The standard InChI is InChI=1S/C17H25FN4O4/c1-16(2,26-15(20)25)9-17(14(19)24)5-3-11(4-6-17)22-12-7-10(18)8-21-13(12)23/h7-8,11,22H,3-6,9H2,1-2H3,(H2,19,24)(H2,20,25)(H,21,23). The zero-order chi connectivity index (χ0) is 19.5. The first kappa shape index (κ1) is 19.7. The Morgan fingerprint density at radius 3 is 2.54 bits per heavy atom. The van der Waals surface area contributed by atoms with E-state index in [0.29, 0.717) is 25.7 Å². The number of anilines is 1. The summed E-state index contributed by atoms with van der Waals surface area (Å²) >= 11 is 0. The van der Waals surface area contributed by atoms with Crippen LogP contribution in [0.1, 0.15) is 46.0 Å². The van der Waals surface area contributed by atoms with Crippen molar-refractivity contribution in [3.05, 3.63) is 28.4 Å². The van der Waals surface area contributed by atoms with Crippen molar-refractivity contribution in [3.63, 3.8) is 0 Å². The van der Waals surface area contributed by atoms with Crippen LogP contribution in [0.2, 0.25) is 0 Å². The summed E-state index contributed by atoms with van der Waals surface area (Å²) in [5, 5.41) is 3.02. The monoisotopic (exact) mass is 368 g/mol. The molecule has 2 rings (SSSR count). The molecular weight excluding hydrogens is 343 g/mol. The highest BCUT2D eigenvalue weighted by Gasteiger charge is 2.45. The second-order valence-electron chi connectivity index (χ2n) is 7.48. The van der Waals surface area contributed by atoms with Crippen LogP contribution >= 0.6 is 0 Å². The highest BCUT2D eigenvalue weighted by molar-refractivity contribution is 5.81. The maximum absolute atomic E-state index is 13.3. The van der Waals surface area contributed by atoms with E-state index >= 15 is 0 Å². The number of H-pyrrole nitrogens is 1. The fourth-order valence-corrected chi connectivity index (χ4v) is 3.73. The van der Waals surface area contributed by atoms with Crippen molar-refractivity contribution in [1.82, 2.24) is 4.98 Å². The number of halogens is 1. The summed E-state index contributed by atoms with van der Waals surface area (Å²) in [6.07, 6.45) is 2.38. The van der Waals surface area contributed by atoms with Crippen molar-refractivity contribution in [2.45, 2.75) is 57.6 Å². The summed E-state index contributed by atoms with van der Waals surface area (Å²) in [5.74, 6) is -1.000. The van der Waals surface area contributed by atoms with Gasteiger partial charge in [-0.05, 0) is 39.5 Å². The minimum atomic E-state index is -0.930. The van der Waals surface area contributed by atoms with Gasteiger partial charge in [-0.2, -0.15) is 0 Å². The number of rotatable bonds is 6. The van der Waals surface area contributed by atoms with Crippen molar-refractivity contribution < 1.29 is 18.7 Å². The number of hydrogen-bond acceptors (Lipinski definition) is 5. The highest BCUT2D eigenvalue weighted by Crippen LogP contribution is 2.43. The van der Waals surface area contributed by atoms with Crippen LogP contribution in [0, 0.1) is 11.2 Å². The van der Waals surface area contributed by atoms with Crippen LogP contribution in [0.3, 0.4) is 0 Å². The zero-order valence-corrected chi connectivity index (χ0v) is 14.9. The minimum absolute atomic E-state index is 0.0921. The molecule has 1 aromatic rings. The van der Waals surface area contributed by atoms with E-state index in [2.05, 4.69) is 10.3 Å². The molecule has 1 aliphatic carbocycles. The first-order valence-electron chi connectivity index (χ1n) is 8.46. The normalized spacial score (nSPS) is 23.3. The summed E-state index contributed by atoms with van der Waals surface area (Å²) in [7, 11) is 0. The molecule has 1 fully saturated rings. The van der Waals surface area contributed by atoms with Gasteiger partial charge in [0.25, 0.3) is 5.56 Å². The Balaban J connectivity index is 2.07. The van der Waals surface area contributed by atoms with Crippen molar-refractivity contribution in [2.75, 3.05) is 5.32 Å². The molecule has 26 heavy (non-hydrogen) atoms. The predicted octanol–water partition coefficient (Wildman–Crippen LogP) is 1.60. The van der Waals surface area contributed by atoms with Crippen LogP contribution in [-0.4, -0.2) is 28.6 Å². The molecule has 8 nitrogen and oxygen atoms in total. The first-order valence-corrected chi connectivity index (χ1v) is 8.46. The van der Waals surface area contributed by atoms with E-state index in [1.807, 2.05) is 0 Å². The molecule has 0 bridgehead atoms. The highest BCUT2D eigenvalue weighted by atomic mass is 19.1. The molecule has 1 aliphatic rings. The van der Waals surface area contributed by atoms with Crippen molar-refractivity contribution >= 4 is 17.7 Å². The molecule has 2 amide bonds. The van der Waals surface area contributed by atoms with E-state index < -0.39 is 34.4 Å². The minimum Gasteiger partial charge on any atom is -0.444 e. The van der Waals surface area contributed by atoms with Crippen LogP contribution in [-0.2, 0) is 9.53 Å². The van der Waals surface area contributed by atoms with Gasteiger partial charge in [-0.15, -0.1) is 0 Å². The van der Waals surface area contributed by atoms with Gasteiger partial charge in [0.1, 0.15) is 17.1 Å². The molecule has 1 heterocycles. The average molecular weight is 368 g/mol. The smallest absolute Gasteiger partial charge is 0.405 e. The second kappa shape index (κ2) is 7.35. The molecule has 0 unspecified atom stereocenters. The maximum Gasteiger partial charge on any atom is 0.405 e. The van der Waals surface area contributed by atoms with E-state index in [0.717, 1.165) is 12.3 Å². The third-order valence-electron chi connectivity index (χ3n) is 4.83. The zero-order valence-electron chi connectivity index (χ0n) is 14.9. The summed E-state index contributed by atoms with van der Waals surface area (Å²) in [5.41, 5.74) is 8.72. The largest absolute Gasteiger partial charge is 0.444 e. The number of amides is 2. The third kappa shape index (κ3) is 4.74. The van der Waals surface area contributed by atoms with Crippen molar-refractivity contribution in [1.29, 1.82) is 0 Å². The maximum atomic E-state index is 13.3. The number of aromatic amines is 1. The van der Waals surface area contributed by atoms with Crippen molar-refractivity contribution in [2.24, 2.45) is 16.9 Å². The van der Waals surface area contributed by atoms with Crippen LogP contribution < -0.4 is 22.3 Å². The van der Waals surface area contributed by atoms with Crippen LogP contribution in [0.15, 0.2) is 17.1 Å². The summed E-state index contributed by atoms with van der Waals surface area (Å²) in [6.45, 7) is 3.36. The Morgan fingerprint density at radius 1 is 1.38 bits per heavy atom. The average Bonchev–Trinajstić information content (AvgIpc) is 2.51. The van der Waals surface area contributed by atoms with Gasteiger partial charge in [0.05, 0.1) is 5.41 Å². The fraction of sp³-hybridized carbons (Fsp3) is 0.588. The lowest BCUT2D eigenvalue weighted by Crippen LogP contribution is -2.48. The molecule has 9 heteroatoms. The Hall–Kier alpha value is -2.58. The number of pyridine rings is 1. The Morgan fingerprint density at radius 2 is 2.00 bits per heavy atom. The van der Waals surface area contributed by atoms with E-state index in [1.54, 1.807) is 13.8 Å². The van der Waals surface area contributed by atoms with Crippen molar-refractivity contribution in [3.8, 4) is 0 Å². The molecular formula is C17H25FN4O4. The number of carbonyl (C=O) groups is 2. The van der Waals surface area contributed by atoms with Crippen LogP contribution in [0.4, 0.5) is 14.9 Å². The predicted molar refractivity (Wildman–Crippen MR) is 93.9 cm³/mol. The van der Waals surface area contributed by atoms with Gasteiger partial charge in [-0.25, -0.2) is 9.18 Å². The summed E-state index contributed by atoms with van der Waals surface area (Å²) in [4.78, 5) is 37.3. The van der Waals surface area contributed by atoms with Gasteiger partial charge in [-0.1, -0.05) is 0 Å². The van der Waals surface area contributed by atoms with Crippen LogP contribution in [0.25, 0.3) is 0 Å². The summed E-state index contributed by atoms with van der Waals surface area (Å²) in [6, 6.07) is 1.05.